The van der Waals surface area contributed by atoms with Gasteiger partial charge in [-0.25, -0.2) is 4.98 Å². The maximum absolute atomic E-state index is 12.7. The van der Waals surface area contributed by atoms with Crippen LogP contribution in [0.15, 0.2) is 103 Å². The first-order chi connectivity index (χ1) is 25.8. The first-order valence-electron chi connectivity index (χ1n) is 16.4. The van der Waals surface area contributed by atoms with E-state index in [2.05, 4.69) is 15.0 Å². The van der Waals surface area contributed by atoms with Gasteiger partial charge in [0, 0.05) is 50.9 Å². The van der Waals surface area contributed by atoms with Crippen LogP contribution < -0.4 is 14.2 Å². The second-order valence-corrected chi connectivity index (χ2v) is 12.2. The molecule has 0 atom stereocenters. The Morgan fingerprint density at radius 1 is 0.528 bits per heavy atom. The van der Waals surface area contributed by atoms with Gasteiger partial charge in [-0.05, 0) is 77.4 Å². The quantitative estimate of drug-likeness (QED) is 0.104. The van der Waals surface area contributed by atoms with Gasteiger partial charge >= 0.3 is 0 Å². The summed E-state index contributed by atoms with van der Waals surface area (Å²) in [6.45, 7) is 0. The number of hydrogen-bond acceptors (Lipinski definition) is 8. The van der Waals surface area contributed by atoms with E-state index < -0.39 is 9.85 Å². The minimum absolute atomic E-state index is 0.0872. The number of aromatic nitrogens is 4. The lowest BCUT2D eigenvalue weighted by molar-refractivity contribution is -0.382. The van der Waals surface area contributed by atoms with Gasteiger partial charge in [0.15, 0.2) is 5.69 Å². The Kier molecular flexibility index (Phi) is 8.07. The van der Waals surface area contributed by atoms with Crippen LogP contribution in [0.3, 0.4) is 0 Å². The second kappa shape index (κ2) is 13.0. The first kappa shape index (κ1) is 32.8. The zero-order chi connectivity index (χ0) is 36.8. The number of fused-ring (bicyclic) bond motifs is 9. The largest absolute Gasteiger partial charge is 0.497 e. The van der Waals surface area contributed by atoms with Crippen LogP contribution in [0, 0.1) is 20.2 Å². The fourth-order valence-electron chi connectivity index (χ4n) is 6.74. The third kappa shape index (κ3) is 5.75. The number of hydrogen-bond donors (Lipinski definition) is 3. The van der Waals surface area contributed by atoms with Crippen LogP contribution in [-0.4, -0.2) is 51.1 Å². The lowest BCUT2D eigenvalue weighted by Gasteiger charge is -2.07. The van der Waals surface area contributed by atoms with Gasteiger partial charge in [0.05, 0.1) is 42.4 Å². The van der Waals surface area contributed by atoms with Crippen molar-refractivity contribution in [2.75, 3.05) is 21.3 Å². The van der Waals surface area contributed by atoms with Crippen molar-refractivity contribution in [1.82, 2.24) is 19.9 Å². The van der Waals surface area contributed by atoms with E-state index in [0.29, 0.717) is 61.6 Å². The highest BCUT2D eigenvalue weighted by Gasteiger charge is 2.29. The fraction of sp³-hybridized carbons (Fsp3) is 0.0750. The molecule has 8 rings (SSSR count). The molecule has 262 valence electrons. The van der Waals surface area contributed by atoms with E-state index in [1.54, 1.807) is 57.7 Å². The van der Waals surface area contributed by atoms with Gasteiger partial charge in [0.25, 0.3) is 11.4 Å². The molecule has 0 fully saturated rings. The van der Waals surface area contributed by atoms with Gasteiger partial charge in [-0.3, -0.25) is 20.2 Å². The molecule has 13 nitrogen and oxygen atoms in total. The van der Waals surface area contributed by atoms with Crippen molar-refractivity contribution in [3.8, 4) is 50.6 Å². The average Bonchev–Trinajstić information content (AvgIpc) is 4.01. The Labute approximate surface area is 300 Å². The summed E-state index contributed by atoms with van der Waals surface area (Å²) in [6, 6.07) is 30.8. The van der Waals surface area contributed by atoms with Gasteiger partial charge in [0.1, 0.15) is 22.8 Å². The van der Waals surface area contributed by atoms with Crippen molar-refractivity contribution in [3.63, 3.8) is 0 Å². The summed E-state index contributed by atoms with van der Waals surface area (Å²) in [5.41, 5.74) is 6.61. The van der Waals surface area contributed by atoms with Crippen LogP contribution >= 0.6 is 0 Å². The molecule has 7 aromatic rings. The van der Waals surface area contributed by atoms with Gasteiger partial charge in [-0.1, -0.05) is 36.4 Å². The van der Waals surface area contributed by atoms with Crippen LogP contribution in [0.5, 0.6) is 17.2 Å². The van der Waals surface area contributed by atoms with Crippen LogP contribution in [0.25, 0.3) is 78.3 Å². The summed E-state index contributed by atoms with van der Waals surface area (Å²) >= 11 is 0. The SMILES string of the molecule is COc1ccc(-c2c3nc(c4cc([N+](=O)[O-])c([nH]4)c(-c4ccc(OC)cc4)c4ccc([nH]4)c(-c4ccc(OC)cc4)c4ccc2[nH]4)C=C3[N+](=O)[O-])cc1. The van der Waals surface area contributed by atoms with Crippen LogP contribution in [-0.2, 0) is 0 Å². The number of rotatable bonds is 8. The van der Waals surface area contributed by atoms with Crippen molar-refractivity contribution in [3.05, 3.63) is 135 Å². The minimum Gasteiger partial charge on any atom is -0.497 e. The summed E-state index contributed by atoms with van der Waals surface area (Å²) < 4.78 is 16.2. The lowest BCUT2D eigenvalue weighted by Crippen LogP contribution is -1.98. The van der Waals surface area contributed by atoms with Gasteiger partial charge < -0.3 is 29.2 Å². The Bertz CT molecular complexity index is 2720. The molecule has 0 radical (unpaired) electrons. The van der Waals surface area contributed by atoms with E-state index in [0.717, 1.165) is 11.1 Å². The van der Waals surface area contributed by atoms with Crippen LogP contribution in [0.4, 0.5) is 5.69 Å². The molecule has 0 spiro atoms. The molecule has 0 unspecified atom stereocenters. The van der Waals surface area contributed by atoms with Crippen molar-refractivity contribution in [1.29, 1.82) is 0 Å². The molecular weight excluding hydrogens is 676 g/mol. The zero-order valence-corrected chi connectivity index (χ0v) is 28.6. The number of benzene rings is 3. The average molecular weight is 707 g/mol. The highest BCUT2D eigenvalue weighted by Crippen LogP contribution is 2.40. The Hall–Kier alpha value is -7.41. The van der Waals surface area contributed by atoms with Crippen LogP contribution in [0.1, 0.15) is 11.4 Å². The second-order valence-electron chi connectivity index (χ2n) is 12.2. The molecule has 4 aromatic heterocycles. The molecule has 0 saturated heterocycles. The molecule has 5 heterocycles. The molecule has 13 heteroatoms. The zero-order valence-electron chi connectivity index (χ0n) is 28.6. The maximum Gasteiger partial charge on any atom is 0.297 e. The third-order valence-electron chi connectivity index (χ3n) is 9.29. The number of H-pyrrole nitrogens is 3. The number of nitrogens with zero attached hydrogens (tertiary/aromatic N) is 3. The molecule has 8 bridgehead atoms. The summed E-state index contributed by atoms with van der Waals surface area (Å²) in [6.07, 6.45) is 1.34. The predicted octanol–water partition coefficient (Wildman–Crippen LogP) is 9.24. The van der Waals surface area contributed by atoms with E-state index in [-0.39, 0.29) is 33.8 Å². The molecule has 3 N–H and O–H groups in total. The molecule has 0 amide bonds. The van der Waals surface area contributed by atoms with Gasteiger partial charge in [-0.15, -0.1) is 0 Å². The number of aromatic amines is 3. The molecule has 3 aromatic carbocycles. The molecule has 0 aliphatic carbocycles. The Morgan fingerprint density at radius 3 is 1.42 bits per heavy atom. The van der Waals surface area contributed by atoms with E-state index in [1.165, 1.54) is 12.1 Å². The predicted molar refractivity (Wildman–Crippen MR) is 204 cm³/mol. The highest BCUT2D eigenvalue weighted by atomic mass is 16.6. The summed E-state index contributed by atoms with van der Waals surface area (Å²) in [5.74, 6) is 1.90. The monoisotopic (exact) mass is 706 g/mol. The van der Waals surface area contributed by atoms with Crippen LogP contribution in [0.2, 0.25) is 0 Å². The minimum atomic E-state index is -0.496. The fourth-order valence-corrected chi connectivity index (χ4v) is 6.74. The van der Waals surface area contributed by atoms with Crippen molar-refractivity contribution >= 4 is 50.6 Å². The van der Waals surface area contributed by atoms with Gasteiger partial charge in [0.2, 0.25) is 0 Å². The van der Waals surface area contributed by atoms with Crippen molar-refractivity contribution < 1.29 is 24.1 Å². The van der Waals surface area contributed by atoms with E-state index >= 15 is 0 Å². The number of methoxy groups -OCH3 is 3. The Balaban J connectivity index is 1.60. The summed E-state index contributed by atoms with van der Waals surface area (Å²) in [5, 5.41) is 25.4. The van der Waals surface area contributed by atoms with Crippen molar-refractivity contribution in [2.45, 2.75) is 0 Å². The number of nitro groups is 2. The molecule has 53 heavy (non-hydrogen) atoms. The summed E-state index contributed by atoms with van der Waals surface area (Å²) in [4.78, 5) is 39.6. The number of ether oxygens (including phenoxy) is 3. The first-order valence-corrected chi connectivity index (χ1v) is 16.4. The highest BCUT2D eigenvalue weighted by molar-refractivity contribution is 6.03. The molecular formula is C40H30N6O7. The smallest absolute Gasteiger partial charge is 0.297 e. The normalized spacial score (nSPS) is 11.7. The van der Waals surface area contributed by atoms with E-state index in [9.17, 15) is 20.2 Å². The lowest BCUT2D eigenvalue weighted by atomic mass is 10.0. The van der Waals surface area contributed by atoms with E-state index in [1.807, 2.05) is 60.7 Å². The molecule has 1 aliphatic heterocycles. The standard InChI is InChI=1S/C40H30N6O7/c1-51-25-10-4-22(5-11-25)36-28-16-18-30(41-28)37(23-6-12-26(52-2)13-7-23)39-34(45(47)48)20-32(43-39)33-21-35(46(49)50)40(44-33)38(31-19-17-29(36)42-31)24-8-14-27(53-3)15-9-24/h4-21,41-43H,1-3H3. The van der Waals surface area contributed by atoms with Crippen molar-refractivity contribution in [2.24, 2.45) is 0 Å². The maximum atomic E-state index is 12.7. The summed E-state index contributed by atoms with van der Waals surface area (Å²) in [7, 11) is 4.72. The van der Waals surface area contributed by atoms with E-state index in [4.69, 9.17) is 19.2 Å². The molecule has 0 saturated carbocycles. The topological polar surface area (TPSA) is 174 Å². The number of nitrogens with one attached hydrogen (secondary N) is 3. The molecule has 1 aliphatic rings. The van der Waals surface area contributed by atoms with Gasteiger partial charge in [-0.2, -0.15) is 0 Å². The third-order valence-corrected chi connectivity index (χ3v) is 9.29. The Morgan fingerprint density at radius 2 is 0.962 bits per heavy atom.